The Bertz CT molecular complexity index is 787. The summed E-state index contributed by atoms with van der Waals surface area (Å²) in [5.74, 6) is -0.867. The van der Waals surface area contributed by atoms with Gasteiger partial charge < -0.3 is 14.5 Å². The summed E-state index contributed by atoms with van der Waals surface area (Å²) in [5, 5.41) is 0. The molecule has 1 aromatic carbocycles. The Morgan fingerprint density at radius 2 is 1.71 bits per heavy atom. The van der Waals surface area contributed by atoms with Gasteiger partial charge in [-0.15, -0.1) is 0 Å². The molecule has 28 heavy (non-hydrogen) atoms. The molecule has 0 aliphatic carbocycles. The lowest BCUT2D eigenvalue weighted by molar-refractivity contribution is -0.141. The van der Waals surface area contributed by atoms with Crippen molar-refractivity contribution in [2.75, 3.05) is 36.0 Å². The summed E-state index contributed by atoms with van der Waals surface area (Å²) in [6.45, 7) is 9.56. The molecule has 2 rings (SSSR count). The summed E-state index contributed by atoms with van der Waals surface area (Å²) in [4.78, 5) is 28.8. The molecule has 1 aliphatic rings. The number of nitrogens with zero attached hydrogens (tertiary/aromatic N) is 2. The Labute approximate surface area is 167 Å². The molecule has 0 N–H and O–H groups in total. The van der Waals surface area contributed by atoms with Gasteiger partial charge in [0.05, 0.1) is 17.1 Å². The zero-order valence-corrected chi connectivity index (χ0v) is 17.9. The number of ether oxygens (including phenoxy) is 1. The number of benzene rings is 1. The molecule has 0 spiro atoms. The second-order valence-corrected chi connectivity index (χ2v) is 9.18. The number of hydrogen-bond acceptors (Lipinski definition) is 6. The molecule has 0 radical (unpaired) electrons. The van der Waals surface area contributed by atoms with E-state index in [1.54, 1.807) is 19.1 Å². The molecule has 1 aromatic rings. The molecule has 1 heterocycles. The van der Waals surface area contributed by atoms with Crippen molar-refractivity contribution in [1.29, 1.82) is 0 Å². The van der Waals surface area contributed by atoms with Crippen LogP contribution in [-0.4, -0.2) is 68.5 Å². The number of esters is 1. The normalized spacial score (nSPS) is 19.1. The lowest BCUT2D eigenvalue weighted by Gasteiger charge is -2.29. The van der Waals surface area contributed by atoms with Crippen LogP contribution in [0.1, 0.15) is 44.5 Å². The highest BCUT2D eigenvalue weighted by Gasteiger charge is 2.36. The Hall–Kier alpha value is -2.09. The van der Waals surface area contributed by atoms with E-state index in [0.717, 1.165) is 18.8 Å². The van der Waals surface area contributed by atoms with Crippen molar-refractivity contribution in [3.05, 3.63) is 29.8 Å². The van der Waals surface area contributed by atoms with Crippen LogP contribution in [0.3, 0.4) is 0 Å². The standard InChI is InChI=1S/C20H30N2O5S/c1-5-21(6-2)17-10-8-16(9-11-17)20(24)27-15(4)19(23)22(7-3)18-12-13-28(25,26)14-18/h8-11,15,18H,5-7,12-14H2,1-4H3. The lowest BCUT2D eigenvalue weighted by atomic mass is 10.2. The molecule has 1 aliphatic heterocycles. The quantitative estimate of drug-likeness (QED) is 0.611. The molecule has 0 bridgehead atoms. The van der Waals surface area contributed by atoms with Crippen molar-refractivity contribution < 1.29 is 22.7 Å². The predicted molar refractivity (Wildman–Crippen MR) is 109 cm³/mol. The molecular formula is C20H30N2O5S. The van der Waals surface area contributed by atoms with Crippen LogP contribution < -0.4 is 4.90 Å². The number of sulfone groups is 1. The van der Waals surface area contributed by atoms with Crippen LogP contribution >= 0.6 is 0 Å². The molecular weight excluding hydrogens is 380 g/mol. The van der Waals surface area contributed by atoms with Crippen LogP contribution in [0.5, 0.6) is 0 Å². The van der Waals surface area contributed by atoms with Gasteiger partial charge in [0.25, 0.3) is 5.91 Å². The maximum Gasteiger partial charge on any atom is 0.338 e. The number of hydrogen-bond donors (Lipinski definition) is 0. The van der Waals surface area contributed by atoms with Gasteiger partial charge in [0.1, 0.15) is 0 Å². The van der Waals surface area contributed by atoms with E-state index in [4.69, 9.17) is 4.74 Å². The first-order valence-electron chi connectivity index (χ1n) is 9.79. The van der Waals surface area contributed by atoms with Crippen LogP contribution in [0.4, 0.5) is 5.69 Å². The van der Waals surface area contributed by atoms with Gasteiger partial charge in [-0.25, -0.2) is 13.2 Å². The molecule has 7 nitrogen and oxygen atoms in total. The highest BCUT2D eigenvalue weighted by atomic mass is 32.2. The van der Waals surface area contributed by atoms with Crippen molar-refractivity contribution in [3.63, 3.8) is 0 Å². The van der Waals surface area contributed by atoms with E-state index in [1.807, 2.05) is 12.1 Å². The Kier molecular flexibility index (Phi) is 7.46. The van der Waals surface area contributed by atoms with Crippen molar-refractivity contribution in [2.45, 2.75) is 46.3 Å². The average Bonchev–Trinajstić information content (AvgIpc) is 3.03. The number of carbonyl (C=O) groups excluding carboxylic acids is 2. The second kappa shape index (κ2) is 9.41. The number of amides is 1. The molecule has 1 fully saturated rings. The van der Waals surface area contributed by atoms with Crippen LogP contribution in [0.2, 0.25) is 0 Å². The van der Waals surface area contributed by atoms with Crippen molar-refractivity contribution >= 4 is 27.4 Å². The molecule has 156 valence electrons. The van der Waals surface area contributed by atoms with Crippen LogP contribution in [0, 0.1) is 0 Å². The minimum absolute atomic E-state index is 0.0277. The number of carbonyl (C=O) groups is 2. The molecule has 0 saturated carbocycles. The molecule has 2 atom stereocenters. The first kappa shape index (κ1) is 22.2. The first-order chi connectivity index (χ1) is 13.2. The van der Waals surface area contributed by atoms with E-state index in [-0.39, 0.29) is 23.5 Å². The Morgan fingerprint density at radius 1 is 1.11 bits per heavy atom. The fourth-order valence-corrected chi connectivity index (χ4v) is 5.26. The van der Waals surface area contributed by atoms with E-state index in [0.29, 0.717) is 18.5 Å². The third kappa shape index (κ3) is 5.25. The maximum absolute atomic E-state index is 12.7. The molecule has 1 saturated heterocycles. The van der Waals surface area contributed by atoms with E-state index >= 15 is 0 Å². The second-order valence-electron chi connectivity index (χ2n) is 6.95. The molecule has 8 heteroatoms. The average molecular weight is 411 g/mol. The number of rotatable bonds is 8. The highest BCUT2D eigenvalue weighted by Crippen LogP contribution is 2.20. The summed E-state index contributed by atoms with van der Waals surface area (Å²) < 4.78 is 28.8. The smallest absolute Gasteiger partial charge is 0.338 e. The fraction of sp³-hybridized carbons (Fsp3) is 0.600. The largest absolute Gasteiger partial charge is 0.449 e. The van der Waals surface area contributed by atoms with Crippen molar-refractivity contribution in [2.24, 2.45) is 0 Å². The topological polar surface area (TPSA) is 84.0 Å². The van der Waals surface area contributed by atoms with Gasteiger partial charge in [0.15, 0.2) is 15.9 Å². The summed E-state index contributed by atoms with van der Waals surface area (Å²) in [6.07, 6.45) is -0.548. The van der Waals surface area contributed by atoms with Crippen molar-refractivity contribution in [1.82, 2.24) is 4.90 Å². The van der Waals surface area contributed by atoms with Crippen LogP contribution in [0.25, 0.3) is 0 Å². The molecule has 2 unspecified atom stereocenters. The van der Waals surface area contributed by atoms with Gasteiger partial charge in [-0.1, -0.05) is 0 Å². The maximum atomic E-state index is 12.7. The van der Waals surface area contributed by atoms with Gasteiger partial charge in [0, 0.05) is 31.4 Å². The van der Waals surface area contributed by atoms with Gasteiger partial charge in [0.2, 0.25) is 0 Å². The summed E-state index contributed by atoms with van der Waals surface area (Å²) in [6, 6.07) is 6.75. The first-order valence-corrected chi connectivity index (χ1v) is 11.6. The monoisotopic (exact) mass is 410 g/mol. The van der Waals surface area contributed by atoms with Crippen molar-refractivity contribution in [3.8, 4) is 0 Å². The summed E-state index contributed by atoms with van der Waals surface area (Å²) >= 11 is 0. The highest BCUT2D eigenvalue weighted by molar-refractivity contribution is 7.91. The van der Waals surface area contributed by atoms with E-state index in [1.165, 1.54) is 11.8 Å². The Balaban J connectivity index is 2.01. The number of anilines is 1. The van der Waals surface area contributed by atoms with Crippen LogP contribution in [0.15, 0.2) is 24.3 Å². The predicted octanol–water partition coefficient (Wildman–Crippen LogP) is 2.11. The van der Waals surface area contributed by atoms with Gasteiger partial charge in [-0.05, 0) is 58.4 Å². The van der Waals surface area contributed by atoms with E-state index in [9.17, 15) is 18.0 Å². The zero-order chi connectivity index (χ0) is 20.9. The minimum Gasteiger partial charge on any atom is -0.449 e. The summed E-state index contributed by atoms with van der Waals surface area (Å²) in [7, 11) is -3.10. The fourth-order valence-electron chi connectivity index (χ4n) is 3.52. The third-order valence-corrected chi connectivity index (χ3v) is 6.89. The van der Waals surface area contributed by atoms with Gasteiger partial charge in [-0.3, -0.25) is 4.79 Å². The SMILES string of the molecule is CCN(CC)c1ccc(C(=O)OC(C)C(=O)N(CC)C2CCS(=O)(=O)C2)cc1. The van der Waals surface area contributed by atoms with E-state index in [2.05, 4.69) is 18.7 Å². The lowest BCUT2D eigenvalue weighted by Crippen LogP contribution is -2.46. The number of likely N-dealkylation sites (N-methyl/N-ethyl adjacent to an activating group) is 1. The zero-order valence-electron chi connectivity index (χ0n) is 17.1. The molecule has 1 amide bonds. The van der Waals surface area contributed by atoms with E-state index < -0.39 is 21.9 Å². The Morgan fingerprint density at radius 3 is 2.18 bits per heavy atom. The summed E-state index contributed by atoms with van der Waals surface area (Å²) in [5.41, 5.74) is 1.40. The van der Waals surface area contributed by atoms with Gasteiger partial charge >= 0.3 is 5.97 Å². The van der Waals surface area contributed by atoms with Gasteiger partial charge in [-0.2, -0.15) is 0 Å². The third-order valence-electron chi connectivity index (χ3n) is 5.14. The molecule has 0 aromatic heterocycles. The van der Waals surface area contributed by atoms with Crippen LogP contribution in [-0.2, 0) is 19.4 Å². The minimum atomic E-state index is -3.10.